The highest BCUT2D eigenvalue weighted by molar-refractivity contribution is 6.04. The Hall–Kier alpha value is -2.69. The number of rotatable bonds is 3. The topological polar surface area (TPSA) is 76.0 Å². The summed E-state index contributed by atoms with van der Waals surface area (Å²) in [6.07, 6.45) is 0.516. The largest absolute Gasteiger partial charge is 0.508 e. The number of phenols is 2. The Morgan fingerprint density at radius 3 is 2.64 bits per heavy atom. The van der Waals surface area contributed by atoms with Crippen LogP contribution in [0.5, 0.6) is 23.0 Å². The summed E-state index contributed by atoms with van der Waals surface area (Å²) in [6.45, 7) is 0.223. The first-order chi connectivity index (χ1) is 10.6. The van der Waals surface area contributed by atoms with E-state index in [9.17, 15) is 15.0 Å². The van der Waals surface area contributed by atoms with E-state index in [1.54, 1.807) is 7.11 Å². The minimum atomic E-state index is -0.365. The Morgan fingerprint density at radius 1 is 1.23 bits per heavy atom. The summed E-state index contributed by atoms with van der Waals surface area (Å²) < 4.78 is 10.6. The Balaban J connectivity index is 1.83. The summed E-state index contributed by atoms with van der Waals surface area (Å²) >= 11 is 0. The van der Waals surface area contributed by atoms with Crippen molar-refractivity contribution in [1.29, 1.82) is 0 Å². The van der Waals surface area contributed by atoms with E-state index >= 15 is 0 Å². The summed E-state index contributed by atoms with van der Waals surface area (Å²) in [5.74, 6) is 0.0740. The molecule has 0 aromatic heterocycles. The molecule has 1 heterocycles. The number of carbonyl (C=O) groups excluding carboxylic acids is 1. The van der Waals surface area contributed by atoms with Crippen LogP contribution in [0.2, 0.25) is 0 Å². The van der Waals surface area contributed by atoms with E-state index in [-0.39, 0.29) is 41.1 Å². The molecule has 22 heavy (non-hydrogen) atoms. The van der Waals surface area contributed by atoms with Gasteiger partial charge in [-0.25, -0.2) is 0 Å². The van der Waals surface area contributed by atoms with E-state index < -0.39 is 0 Å². The first kappa shape index (κ1) is 14.3. The molecule has 0 bridgehead atoms. The van der Waals surface area contributed by atoms with Crippen LogP contribution in [0.3, 0.4) is 0 Å². The number of carbonyl (C=O) groups is 1. The van der Waals surface area contributed by atoms with Crippen molar-refractivity contribution in [3.63, 3.8) is 0 Å². The molecule has 0 spiro atoms. The zero-order valence-electron chi connectivity index (χ0n) is 12.1. The second-order valence-corrected chi connectivity index (χ2v) is 5.26. The monoisotopic (exact) mass is 300 g/mol. The number of hydrogen-bond acceptors (Lipinski definition) is 5. The number of methoxy groups -OCH3 is 1. The van der Waals surface area contributed by atoms with Gasteiger partial charge in [0.2, 0.25) is 0 Å². The van der Waals surface area contributed by atoms with Crippen molar-refractivity contribution < 1.29 is 24.5 Å². The van der Waals surface area contributed by atoms with Crippen LogP contribution in [-0.4, -0.2) is 29.7 Å². The number of aromatic hydroxyl groups is 2. The molecule has 2 N–H and O–H groups in total. The molecule has 0 aliphatic carbocycles. The van der Waals surface area contributed by atoms with E-state index in [1.165, 1.54) is 6.07 Å². The van der Waals surface area contributed by atoms with Crippen LogP contribution in [0.1, 0.15) is 15.9 Å². The fourth-order valence-electron chi connectivity index (χ4n) is 2.62. The van der Waals surface area contributed by atoms with Crippen molar-refractivity contribution in [1.82, 2.24) is 0 Å². The first-order valence-electron chi connectivity index (χ1n) is 6.94. The predicted octanol–water partition coefficient (Wildman–Crippen LogP) is 2.54. The van der Waals surface area contributed by atoms with Gasteiger partial charge in [-0.15, -0.1) is 0 Å². The Kier molecular flexibility index (Phi) is 3.63. The maximum absolute atomic E-state index is 12.5. The van der Waals surface area contributed by atoms with Crippen LogP contribution in [0, 0.1) is 5.92 Å². The standard InChI is InChI=1S/C17H16O5/c1-21-13-4-2-10(3-5-13)6-11-9-22-15-8-12(18)7-14(19)16(15)17(11)20/h2-5,7-8,11,18-19H,6,9H2,1H3/t11-/m1/s1. The number of fused-ring (bicyclic) bond motifs is 1. The minimum Gasteiger partial charge on any atom is -0.508 e. The van der Waals surface area contributed by atoms with Crippen molar-refractivity contribution in [2.45, 2.75) is 6.42 Å². The summed E-state index contributed by atoms with van der Waals surface area (Å²) in [6, 6.07) is 9.98. The molecule has 1 aliphatic rings. The summed E-state index contributed by atoms with van der Waals surface area (Å²) in [5, 5.41) is 19.3. The van der Waals surface area contributed by atoms with Crippen molar-refractivity contribution in [2.24, 2.45) is 5.92 Å². The molecule has 2 aromatic rings. The number of hydrogen-bond donors (Lipinski definition) is 2. The fourth-order valence-corrected chi connectivity index (χ4v) is 2.62. The van der Waals surface area contributed by atoms with Crippen LogP contribution in [0.15, 0.2) is 36.4 Å². The van der Waals surface area contributed by atoms with Crippen molar-refractivity contribution in [3.8, 4) is 23.0 Å². The number of benzene rings is 2. The van der Waals surface area contributed by atoms with Gasteiger partial charge in [-0.1, -0.05) is 12.1 Å². The average Bonchev–Trinajstić information content (AvgIpc) is 2.50. The lowest BCUT2D eigenvalue weighted by Crippen LogP contribution is -2.29. The van der Waals surface area contributed by atoms with E-state index in [0.29, 0.717) is 6.42 Å². The molecule has 0 unspecified atom stereocenters. The van der Waals surface area contributed by atoms with E-state index in [1.807, 2.05) is 24.3 Å². The van der Waals surface area contributed by atoms with Crippen LogP contribution < -0.4 is 9.47 Å². The second-order valence-electron chi connectivity index (χ2n) is 5.26. The molecular weight excluding hydrogens is 284 g/mol. The van der Waals surface area contributed by atoms with Crippen LogP contribution >= 0.6 is 0 Å². The molecule has 114 valence electrons. The first-order valence-corrected chi connectivity index (χ1v) is 6.94. The number of phenolic OH excluding ortho intramolecular Hbond substituents is 2. The highest BCUT2D eigenvalue weighted by atomic mass is 16.5. The lowest BCUT2D eigenvalue weighted by Gasteiger charge is -2.25. The molecule has 5 nitrogen and oxygen atoms in total. The third kappa shape index (κ3) is 2.57. The van der Waals surface area contributed by atoms with E-state index in [0.717, 1.165) is 17.4 Å². The van der Waals surface area contributed by atoms with Crippen molar-refractivity contribution >= 4 is 5.78 Å². The zero-order chi connectivity index (χ0) is 15.7. The quantitative estimate of drug-likeness (QED) is 0.911. The molecule has 2 aromatic carbocycles. The van der Waals surface area contributed by atoms with Gasteiger partial charge in [0.1, 0.15) is 28.6 Å². The number of ether oxygens (including phenoxy) is 2. The summed E-state index contributed by atoms with van der Waals surface area (Å²) in [5.41, 5.74) is 1.13. The highest BCUT2D eigenvalue weighted by Crippen LogP contribution is 2.38. The van der Waals surface area contributed by atoms with E-state index in [4.69, 9.17) is 9.47 Å². The van der Waals surface area contributed by atoms with Gasteiger partial charge in [0.15, 0.2) is 5.78 Å². The predicted molar refractivity (Wildman–Crippen MR) is 79.8 cm³/mol. The molecule has 1 aliphatic heterocycles. The molecular formula is C17H16O5. The van der Waals surface area contributed by atoms with Gasteiger partial charge >= 0.3 is 0 Å². The molecule has 0 radical (unpaired) electrons. The number of ketones is 1. The molecule has 0 saturated heterocycles. The van der Waals surface area contributed by atoms with Crippen molar-refractivity contribution in [2.75, 3.05) is 13.7 Å². The molecule has 5 heteroatoms. The van der Waals surface area contributed by atoms with Crippen molar-refractivity contribution in [3.05, 3.63) is 47.5 Å². The minimum absolute atomic E-state index is 0.127. The van der Waals surface area contributed by atoms with Gasteiger partial charge < -0.3 is 19.7 Å². The van der Waals surface area contributed by atoms with Crippen LogP contribution in [-0.2, 0) is 6.42 Å². The van der Waals surface area contributed by atoms with Gasteiger partial charge in [0.25, 0.3) is 0 Å². The maximum atomic E-state index is 12.5. The Morgan fingerprint density at radius 2 is 1.95 bits per heavy atom. The molecule has 0 fully saturated rings. The average molecular weight is 300 g/mol. The Bertz CT molecular complexity index is 706. The molecule has 1 atom stereocenters. The van der Waals surface area contributed by atoms with Gasteiger partial charge in [-0.05, 0) is 24.1 Å². The van der Waals surface area contributed by atoms with Gasteiger partial charge in [-0.2, -0.15) is 0 Å². The molecule has 3 rings (SSSR count). The smallest absolute Gasteiger partial charge is 0.177 e. The van der Waals surface area contributed by atoms with Crippen LogP contribution in [0.25, 0.3) is 0 Å². The SMILES string of the molecule is COc1ccc(C[C@@H]2COc3cc(O)cc(O)c3C2=O)cc1. The lowest BCUT2D eigenvalue weighted by molar-refractivity contribution is 0.0826. The second kappa shape index (κ2) is 5.60. The van der Waals surface area contributed by atoms with Gasteiger partial charge in [0.05, 0.1) is 19.6 Å². The van der Waals surface area contributed by atoms with Gasteiger partial charge in [-0.3, -0.25) is 4.79 Å². The molecule has 0 saturated carbocycles. The third-order valence-electron chi connectivity index (χ3n) is 3.76. The summed E-state index contributed by atoms with van der Waals surface area (Å²) in [7, 11) is 1.60. The normalized spacial score (nSPS) is 16.8. The summed E-state index contributed by atoms with van der Waals surface area (Å²) in [4.78, 5) is 12.5. The van der Waals surface area contributed by atoms with E-state index in [2.05, 4.69) is 0 Å². The zero-order valence-corrected chi connectivity index (χ0v) is 12.1. The maximum Gasteiger partial charge on any atom is 0.177 e. The Labute approximate surface area is 127 Å². The third-order valence-corrected chi connectivity index (χ3v) is 3.76. The molecule has 0 amide bonds. The van der Waals surface area contributed by atoms with Crippen LogP contribution in [0.4, 0.5) is 0 Å². The fraction of sp³-hybridized carbons (Fsp3) is 0.235. The lowest BCUT2D eigenvalue weighted by atomic mass is 9.89. The highest BCUT2D eigenvalue weighted by Gasteiger charge is 2.32. The number of Topliss-reactive ketones (excluding diaryl/α,β-unsaturated/α-hetero) is 1. The van der Waals surface area contributed by atoms with Gasteiger partial charge in [0, 0.05) is 12.1 Å².